The highest BCUT2D eigenvalue weighted by Gasteiger charge is 2.27. The number of nitrogens with zero attached hydrogens (tertiary/aromatic N) is 2. The number of hydrogen-bond donors (Lipinski definition) is 1. The van der Waals surface area contributed by atoms with Crippen LogP contribution < -0.4 is 10.1 Å². The summed E-state index contributed by atoms with van der Waals surface area (Å²) in [7, 11) is 3.04. The Labute approximate surface area is 163 Å². The molecular weight excluding hydrogens is 362 g/mol. The second-order valence-corrected chi connectivity index (χ2v) is 6.23. The smallest absolute Gasteiger partial charge is 0.273 e. The number of nitrogens with one attached hydrogen (secondary N) is 1. The monoisotopic (exact) mass is 385 g/mol. The highest BCUT2D eigenvalue weighted by molar-refractivity contribution is 5.88. The molecule has 0 spiro atoms. The molecule has 1 N–H and O–H groups in total. The largest absolute Gasteiger partial charge is 0.497 e. The van der Waals surface area contributed by atoms with Crippen molar-refractivity contribution in [3.8, 4) is 5.75 Å². The van der Waals surface area contributed by atoms with Crippen molar-refractivity contribution >= 4 is 17.5 Å². The normalized spacial score (nSPS) is 11.4. The summed E-state index contributed by atoms with van der Waals surface area (Å²) in [4.78, 5) is 37.3. The Balaban J connectivity index is 2.31. The van der Waals surface area contributed by atoms with E-state index in [0.717, 1.165) is 5.56 Å². The minimum Gasteiger partial charge on any atom is -0.497 e. The number of carbonyl (C=O) groups is 2. The molecule has 2 rings (SSSR count). The van der Waals surface area contributed by atoms with Crippen LogP contribution in [0.1, 0.15) is 18.1 Å². The summed E-state index contributed by atoms with van der Waals surface area (Å²) >= 11 is 0. The van der Waals surface area contributed by atoms with Crippen LogP contribution in [-0.2, 0) is 22.6 Å². The van der Waals surface area contributed by atoms with Crippen LogP contribution in [0.15, 0.2) is 48.5 Å². The number of methoxy groups -OCH3 is 1. The van der Waals surface area contributed by atoms with Gasteiger partial charge < -0.3 is 15.0 Å². The van der Waals surface area contributed by atoms with Crippen LogP contribution in [0.2, 0.25) is 0 Å². The Morgan fingerprint density at radius 1 is 1.21 bits per heavy atom. The van der Waals surface area contributed by atoms with Crippen molar-refractivity contribution in [2.75, 3.05) is 14.2 Å². The van der Waals surface area contributed by atoms with Crippen molar-refractivity contribution in [2.24, 2.45) is 0 Å². The number of benzene rings is 2. The van der Waals surface area contributed by atoms with Crippen molar-refractivity contribution in [2.45, 2.75) is 25.9 Å². The zero-order valence-electron chi connectivity index (χ0n) is 16.0. The first kappa shape index (κ1) is 20.9. The van der Waals surface area contributed by atoms with E-state index in [1.807, 2.05) is 6.07 Å². The molecule has 2 aromatic carbocycles. The number of rotatable bonds is 8. The lowest BCUT2D eigenvalue weighted by molar-refractivity contribution is -0.385. The van der Waals surface area contributed by atoms with Gasteiger partial charge in [-0.15, -0.1) is 0 Å². The summed E-state index contributed by atoms with van der Waals surface area (Å²) in [5.74, 6) is -0.0665. The van der Waals surface area contributed by atoms with Crippen molar-refractivity contribution < 1.29 is 19.2 Å². The average Bonchev–Trinajstić information content (AvgIpc) is 2.71. The summed E-state index contributed by atoms with van der Waals surface area (Å²) < 4.78 is 5.21. The van der Waals surface area contributed by atoms with E-state index in [9.17, 15) is 19.7 Å². The molecule has 28 heavy (non-hydrogen) atoms. The van der Waals surface area contributed by atoms with Crippen LogP contribution in [0.25, 0.3) is 0 Å². The molecule has 0 radical (unpaired) electrons. The van der Waals surface area contributed by atoms with Crippen LogP contribution in [0.3, 0.4) is 0 Å². The number of likely N-dealkylation sites (N-methyl/N-ethyl adjacent to an activating group) is 1. The first-order valence-corrected chi connectivity index (χ1v) is 8.73. The van der Waals surface area contributed by atoms with Crippen molar-refractivity contribution in [1.29, 1.82) is 0 Å². The molecule has 148 valence electrons. The van der Waals surface area contributed by atoms with Gasteiger partial charge in [0.05, 0.1) is 18.5 Å². The topological polar surface area (TPSA) is 102 Å². The maximum atomic E-state index is 13.0. The molecule has 8 nitrogen and oxygen atoms in total. The maximum Gasteiger partial charge on any atom is 0.273 e. The Bertz CT molecular complexity index is 868. The van der Waals surface area contributed by atoms with Crippen molar-refractivity contribution in [3.63, 3.8) is 0 Å². The summed E-state index contributed by atoms with van der Waals surface area (Å²) in [6.45, 7) is 1.79. The Kier molecular flexibility index (Phi) is 7.08. The van der Waals surface area contributed by atoms with Crippen LogP contribution in [-0.4, -0.2) is 41.8 Å². The van der Waals surface area contributed by atoms with E-state index in [-0.39, 0.29) is 30.5 Å². The predicted octanol–water partition coefficient (Wildman–Crippen LogP) is 2.31. The number of hydrogen-bond acceptors (Lipinski definition) is 5. The zero-order valence-corrected chi connectivity index (χ0v) is 16.0. The number of nitro groups is 1. The Morgan fingerprint density at radius 3 is 2.57 bits per heavy atom. The molecule has 0 saturated heterocycles. The number of nitro benzene ring substituents is 1. The molecule has 0 saturated carbocycles. The minimum atomic E-state index is -0.744. The molecule has 1 atom stereocenters. The number of ether oxygens (including phenoxy) is 1. The van der Waals surface area contributed by atoms with E-state index in [4.69, 9.17) is 4.74 Å². The summed E-state index contributed by atoms with van der Waals surface area (Å²) in [6, 6.07) is 12.5. The summed E-state index contributed by atoms with van der Waals surface area (Å²) in [6.07, 6.45) is -0.178. The molecule has 0 aliphatic carbocycles. The third kappa shape index (κ3) is 5.06. The van der Waals surface area contributed by atoms with Gasteiger partial charge in [0, 0.05) is 25.2 Å². The standard InChI is InChI=1S/C20H23N3O5/c1-14(20(25)21-2)22(13-15-7-6-9-17(11-15)28-3)19(24)12-16-8-4-5-10-18(16)23(26)27/h4-11,14H,12-13H2,1-3H3,(H,21,25)/t14-/m1/s1. The van der Waals surface area contributed by atoms with Gasteiger partial charge >= 0.3 is 0 Å². The molecule has 0 heterocycles. The van der Waals surface area contributed by atoms with Crippen molar-refractivity contribution in [3.05, 3.63) is 69.8 Å². The van der Waals surface area contributed by atoms with Gasteiger partial charge in [0.1, 0.15) is 11.8 Å². The van der Waals surface area contributed by atoms with Crippen LogP contribution in [0.4, 0.5) is 5.69 Å². The van der Waals surface area contributed by atoms with Crippen LogP contribution in [0.5, 0.6) is 5.75 Å². The fourth-order valence-corrected chi connectivity index (χ4v) is 2.86. The highest BCUT2D eigenvalue weighted by Crippen LogP contribution is 2.21. The van der Waals surface area contributed by atoms with Gasteiger partial charge in [-0.05, 0) is 24.6 Å². The van der Waals surface area contributed by atoms with E-state index in [1.54, 1.807) is 50.4 Å². The third-order valence-electron chi connectivity index (χ3n) is 4.43. The van der Waals surface area contributed by atoms with Gasteiger partial charge in [-0.1, -0.05) is 30.3 Å². The van der Waals surface area contributed by atoms with E-state index >= 15 is 0 Å². The Morgan fingerprint density at radius 2 is 1.93 bits per heavy atom. The first-order chi connectivity index (χ1) is 13.4. The molecular formula is C20H23N3O5. The molecule has 8 heteroatoms. The van der Waals surface area contributed by atoms with E-state index < -0.39 is 11.0 Å². The Hall–Kier alpha value is -3.42. The molecule has 2 amide bonds. The van der Waals surface area contributed by atoms with Gasteiger partial charge in [0.25, 0.3) is 5.69 Å². The minimum absolute atomic E-state index is 0.121. The van der Waals surface area contributed by atoms with Crippen LogP contribution in [0, 0.1) is 10.1 Å². The first-order valence-electron chi connectivity index (χ1n) is 8.73. The van der Waals surface area contributed by atoms with E-state index in [1.165, 1.54) is 18.0 Å². The molecule has 0 aliphatic heterocycles. The fraction of sp³-hybridized carbons (Fsp3) is 0.300. The molecule has 0 bridgehead atoms. The predicted molar refractivity (Wildman–Crippen MR) is 104 cm³/mol. The molecule has 0 unspecified atom stereocenters. The summed E-state index contributed by atoms with van der Waals surface area (Å²) in [5.41, 5.74) is 0.966. The van der Waals surface area contributed by atoms with E-state index in [2.05, 4.69) is 5.32 Å². The molecule has 0 aromatic heterocycles. The molecule has 0 aliphatic rings. The van der Waals surface area contributed by atoms with Gasteiger partial charge in [0.2, 0.25) is 11.8 Å². The quantitative estimate of drug-likeness (QED) is 0.555. The SMILES string of the molecule is CNC(=O)[C@@H](C)N(Cc1cccc(OC)c1)C(=O)Cc1ccccc1[N+](=O)[O-]. The number of carbonyl (C=O) groups excluding carboxylic acids is 2. The van der Waals surface area contributed by atoms with Crippen molar-refractivity contribution in [1.82, 2.24) is 10.2 Å². The second-order valence-electron chi connectivity index (χ2n) is 6.23. The summed E-state index contributed by atoms with van der Waals surface area (Å²) in [5, 5.41) is 13.8. The molecule has 0 fully saturated rings. The average molecular weight is 385 g/mol. The zero-order chi connectivity index (χ0) is 20.7. The van der Waals surface area contributed by atoms with Gasteiger partial charge in [-0.2, -0.15) is 0 Å². The second kappa shape index (κ2) is 9.50. The fourth-order valence-electron chi connectivity index (χ4n) is 2.86. The highest BCUT2D eigenvalue weighted by atomic mass is 16.6. The molecule has 2 aromatic rings. The van der Waals surface area contributed by atoms with Gasteiger partial charge in [-0.25, -0.2) is 0 Å². The number of para-hydroxylation sites is 1. The number of amides is 2. The van der Waals surface area contributed by atoms with Gasteiger partial charge in [0.15, 0.2) is 0 Å². The van der Waals surface area contributed by atoms with Crippen LogP contribution >= 0.6 is 0 Å². The van der Waals surface area contributed by atoms with Gasteiger partial charge in [-0.3, -0.25) is 19.7 Å². The third-order valence-corrected chi connectivity index (χ3v) is 4.43. The lowest BCUT2D eigenvalue weighted by Crippen LogP contribution is -2.47. The lowest BCUT2D eigenvalue weighted by atomic mass is 10.1. The lowest BCUT2D eigenvalue weighted by Gasteiger charge is -2.28. The maximum absolute atomic E-state index is 13.0. The van der Waals surface area contributed by atoms with E-state index in [0.29, 0.717) is 11.3 Å².